The van der Waals surface area contributed by atoms with Gasteiger partial charge in [-0.1, -0.05) is 24.6 Å². The molecule has 0 unspecified atom stereocenters. The summed E-state index contributed by atoms with van der Waals surface area (Å²) in [6.07, 6.45) is 0.518. The first-order valence-corrected chi connectivity index (χ1v) is 9.40. The SMILES string of the molecule is CCc1[nH]n2c(=O)cc(-c3ccc(Cl)c(OC)c3)nc2c1C(=O)N=C(C)N(C)C. The summed E-state index contributed by atoms with van der Waals surface area (Å²) >= 11 is 6.09. The van der Waals surface area contributed by atoms with Gasteiger partial charge in [0.2, 0.25) is 0 Å². The summed E-state index contributed by atoms with van der Waals surface area (Å²) in [7, 11) is 5.12. The van der Waals surface area contributed by atoms with Crippen molar-refractivity contribution in [1.82, 2.24) is 19.5 Å². The highest BCUT2D eigenvalue weighted by Crippen LogP contribution is 2.29. The Morgan fingerprint density at radius 2 is 2.07 bits per heavy atom. The Balaban J connectivity index is 2.24. The van der Waals surface area contributed by atoms with Crippen LogP contribution < -0.4 is 10.3 Å². The van der Waals surface area contributed by atoms with E-state index < -0.39 is 5.91 Å². The Bertz CT molecular complexity index is 1180. The molecule has 3 aromatic rings. The molecule has 0 atom stereocenters. The van der Waals surface area contributed by atoms with Gasteiger partial charge < -0.3 is 9.64 Å². The molecular formula is C20H22ClN5O3. The molecule has 2 heterocycles. The highest BCUT2D eigenvalue weighted by Gasteiger charge is 2.21. The lowest BCUT2D eigenvalue weighted by Gasteiger charge is -2.10. The molecule has 0 aliphatic heterocycles. The number of nitrogens with zero attached hydrogens (tertiary/aromatic N) is 4. The maximum atomic E-state index is 12.9. The van der Waals surface area contributed by atoms with Crippen molar-refractivity contribution in [3.05, 3.63) is 50.9 Å². The third kappa shape index (κ3) is 3.88. The monoisotopic (exact) mass is 415 g/mol. The predicted molar refractivity (Wildman–Crippen MR) is 113 cm³/mol. The number of ether oxygens (including phenoxy) is 1. The van der Waals surface area contributed by atoms with Crippen LogP contribution in [0.3, 0.4) is 0 Å². The lowest BCUT2D eigenvalue weighted by molar-refractivity contribution is 0.100. The smallest absolute Gasteiger partial charge is 0.284 e. The van der Waals surface area contributed by atoms with Gasteiger partial charge in [-0.15, -0.1) is 0 Å². The molecule has 0 fully saturated rings. The minimum absolute atomic E-state index is 0.235. The quantitative estimate of drug-likeness (QED) is 0.522. The topological polar surface area (TPSA) is 92.1 Å². The molecule has 0 saturated carbocycles. The summed E-state index contributed by atoms with van der Waals surface area (Å²) in [6.45, 7) is 3.63. The standard InChI is InChI=1S/C20H22ClN5O3/c1-6-14-18(20(28)22-11(2)25(3)4)19-23-15(10-17(27)26(19)24-14)12-7-8-13(21)16(9-12)29-5/h7-10,24H,6H2,1-5H3. The fourth-order valence-electron chi connectivity index (χ4n) is 2.83. The molecule has 1 N–H and O–H groups in total. The van der Waals surface area contributed by atoms with Crippen molar-refractivity contribution in [2.45, 2.75) is 20.3 Å². The van der Waals surface area contributed by atoms with Gasteiger partial charge in [0.1, 0.15) is 17.1 Å². The molecule has 9 heteroatoms. The summed E-state index contributed by atoms with van der Waals surface area (Å²) in [5.74, 6) is 0.568. The number of aromatic amines is 1. The summed E-state index contributed by atoms with van der Waals surface area (Å²) in [5.41, 5.74) is 1.85. The van der Waals surface area contributed by atoms with Crippen molar-refractivity contribution in [2.24, 2.45) is 4.99 Å². The molecule has 3 rings (SSSR count). The van der Waals surface area contributed by atoms with Gasteiger partial charge >= 0.3 is 0 Å². The van der Waals surface area contributed by atoms with E-state index in [0.29, 0.717) is 40.0 Å². The zero-order valence-corrected chi connectivity index (χ0v) is 17.7. The summed E-state index contributed by atoms with van der Waals surface area (Å²) in [4.78, 5) is 36.1. The van der Waals surface area contributed by atoms with Crippen LogP contribution in [0.25, 0.3) is 16.9 Å². The number of carbonyl (C=O) groups excluding carboxylic acids is 1. The van der Waals surface area contributed by atoms with Crippen molar-refractivity contribution in [3.8, 4) is 17.0 Å². The van der Waals surface area contributed by atoms with E-state index in [1.165, 1.54) is 17.7 Å². The van der Waals surface area contributed by atoms with E-state index in [4.69, 9.17) is 16.3 Å². The zero-order valence-electron chi connectivity index (χ0n) is 16.9. The number of fused-ring (bicyclic) bond motifs is 1. The average molecular weight is 416 g/mol. The first kappa shape index (κ1) is 20.6. The number of amidine groups is 1. The van der Waals surface area contributed by atoms with E-state index in [2.05, 4.69) is 15.1 Å². The van der Waals surface area contributed by atoms with Crippen LogP contribution in [0.1, 0.15) is 29.9 Å². The van der Waals surface area contributed by atoms with E-state index in [9.17, 15) is 9.59 Å². The predicted octanol–water partition coefficient (Wildman–Crippen LogP) is 3.03. The molecule has 0 aliphatic carbocycles. The second-order valence-corrected chi connectivity index (χ2v) is 7.07. The number of aromatic nitrogens is 3. The lowest BCUT2D eigenvalue weighted by atomic mass is 10.1. The van der Waals surface area contributed by atoms with Gasteiger partial charge in [-0.2, -0.15) is 4.99 Å². The molecule has 0 aliphatic rings. The molecule has 2 aromatic heterocycles. The maximum Gasteiger partial charge on any atom is 0.284 e. The number of aryl methyl sites for hydroxylation is 1. The van der Waals surface area contributed by atoms with Crippen molar-refractivity contribution in [2.75, 3.05) is 21.2 Å². The first-order chi connectivity index (χ1) is 13.8. The van der Waals surface area contributed by atoms with Gasteiger partial charge in [0.15, 0.2) is 5.65 Å². The van der Waals surface area contributed by atoms with Crippen LogP contribution in [0.5, 0.6) is 5.75 Å². The number of aliphatic imine (C=N–C) groups is 1. The zero-order chi connectivity index (χ0) is 21.3. The summed E-state index contributed by atoms with van der Waals surface area (Å²) < 4.78 is 6.52. The van der Waals surface area contributed by atoms with Crippen molar-refractivity contribution in [3.63, 3.8) is 0 Å². The summed E-state index contributed by atoms with van der Waals surface area (Å²) in [5, 5.41) is 3.42. The number of rotatable bonds is 4. The van der Waals surface area contributed by atoms with Crippen LogP contribution in [0, 0.1) is 0 Å². The number of methoxy groups -OCH3 is 1. The number of halogens is 1. The van der Waals surface area contributed by atoms with Crippen molar-refractivity contribution in [1.29, 1.82) is 0 Å². The number of amides is 1. The van der Waals surface area contributed by atoms with Crippen molar-refractivity contribution >= 4 is 29.0 Å². The van der Waals surface area contributed by atoms with Gasteiger partial charge in [0.25, 0.3) is 11.5 Å². The minimum Gasteiger partial charge on any atom is -0.495 e. The van der Waals surface area contributed by atoms with Gasteiger partial charge in [-0.05, 0) is 25.5 Å². The Kier molecular flexibility index (Phi) is 5.74. The summed E-state index contributed by atoms with van der Waals surface area (Å²) in [6, 6.07) is 6.51. The van der Waals surface area contributed by atoms with E-state index in [0.717, 1.165) is 0 Å². The number of hydrogen-bond acceptors (Lipinski definition) is 4. The number of H-pyrrole nitrogens is 1. The van der Waals surface area contributed by atoms with Crippen LogP contribution >= 0.6 is 11.6 Å². The first-order valence-electron chi connectivity index (χ1n) is 9.02. The van der Waals surface area contributed by atoms with Crippen LogP contribution in [-0.4, -0.2) is 52.4 Å². The van der Waals surface area contributed by atoms with E-state index in [-0.39, 0.29) is 16.8 Å². The molecule has 1 amide bonds. The van der Waals surface area contributed by atoms with Crippen molar-refractivity contribution < 1.29 is 9.53 Å². The van der Waals surface area contributed by atoms with Crippen LogP contribution in [0.2, 0.25) is 5.02 Å². The minimum atomic E-state index is -0.454. The number of carbonyl (C=O) groups is 1. The maximum absolute atomic E-state index is 12.9. The van der Waals surface area contributed by atoms with Gasteiger partial charge in [0.05, 0.1) is 17.8 Å². The fourth-order valence-corrected chi connectivity index (χ4v) is 3.03. The van der Waals surface area contributed by atoms with Gasteiger partial charge in [-0.25, -0.2) is 9.50 Å². The number of hydrogen-bond donors (Lipinski definition) is 1. The lowest BCUT2D eigenvalue weighted by Crippen LogP contribution is -2.20. The third-order valence-corrected chi connectivity index (χ3v) is 4.93. The van der Waals surface area contributed by atoms with E-state index in [1.807, 2.05) is 6.92 Å². The molecule has 152 valence electrons. The highest BCUT2D eigenvalue weighted by atomic mass is 35.5. The largest absolute Gasteiger partial charge is 0.495 e. The second kappa shape index (κ2) is 8.08. The van der Waals surface area contributed by atoms with Gasteiger partial charge in [0, 0.05) is 31.4 Å². The van der Waals surface area contributed by atoms with E-state index >= 15 is 0 Å². The van der Waals surface area contributed by atoms with E-state index in [1.54, 1.807) is 44.1 Å². The highest BCUT2D eigenvalue weighted by molar-refractivity contribution is 6.32. The molecule has 0 bridgehead atoms. The molecule has 0 saturated heterocycles. The van der Waals surface area contributed by atoms with Crippen LogP contribution in [0.15, 0.2) is 34.1 Å². The molecule has 8 nitrogen and oxygen atoms in total. The normalized spacial score (nSPS) is 11.7. The molecule has 0 radical (unpaired) electrons. The molecule has 29 heavy (non-hydrogen) atoms. The van der Waals surface area contributed by atoms with Crippen LogP contribution in [-0.2, 0) is 6.42 Å². The third-order valence-electron chi connectivity index (χ3n) is 4.62. The molecule has 1 aromatic carbocycles. The Morgan fingerprint density at radius 3 is 2.69 bits per heavy atom. The Morgan fingerprint density at radius 1 is 1.34 bits per heavy atom. The average Bonchev–Trinajstić information content (AvgIpc) is 3.07. The molecule has 0 spiro atoms. The number of nitrogens with one attached hydrogen (secondary N) is 1. The fraction of sp³-hybridized carbons (Fsp3) is 0.300. The van der Waals surface area contributed by atoms with Gasteiger partial charge in [-0.3, -0.25) is 14.7 Å². The second-order valence-electron chi connectivity index (χ2n) is 6.67. The molecular weight excluding hydrogens is 394 g/mol. The Labute approximate surface area is 172 Å². The number of benzene rings is 1. The van der Waals surface area contributed by atoms with Crippen LogP contribution in [0.4, 0.5) is 0 Å². The Hall–Kier alpha value is -3.13.